The number of nitrogens with one attached hydrogen (secondary N) is 2. The molecule has 0 spiro atoms. The third-order valence-corrected chi connectivity index (χ3v) is 3.93. The fourth-order valence-corrected chi connectivity index (χ4v) is 2.50. The molecule has 0 aliphatic rings. The molecule has 2 aromatic rings. The number of carbonyl (C=O) groups excluding carboxylic acids is 1. The number of methoxy groups -OCH3 is 1. The Bertz CT molecular complexity index is 689. The number of benzene rings is 1. The van der Waals surface area contributed by atoms with Crippen LogP contribution in [0.1, 0.15) is 36.5 Å². The third-order valence-electron chi connectivity index (χ3n) is 3.93. The third kappa shape index (κ3) is 5.29. The molecule has 0 bridgehead atoms. The van der Waals surface area contributed by atoms with Gasteiger partial charge in [-0.05, 0) is 19.4 Å². The molecule has 0 saturated carbocycles. The summed E-state index contributed by atoms with van der Waals surface area (Å²) in [5.74, 6) is 0.386. The quantitative estimate of drug-likeness (QED) is 0.770. The summed E-state index contributed by atoms with van der Waals surface area (Å²) in [6, 6.07) is 5.95. The molecule has 2 rings (SSSR count). The van der Waals surface area contributed by atoms with Crippen molar-refractivity contribution in [3.05, 3.63) is 53.4 Å². The summed E-state index contributed by atoms with van der Waals surface area (Å²) in [5, 5.41) is 2.96. The highest BCUT2D eigenvalue weighted by Crippen LogP contribution is 2.15. The van der Waals surface area contributed by atoms with Gasteiger partial charge in [0.15, 0.2) is 0 Å². The Morgan fingerprint density at radius 2 is 2.20 bits per heavy atom. The van der Waals surface area contributed by atoms with Gasteiger partial charge in [0.2, 0.25) is 0 Å². The number of aryl methyl sites for hydroxylation is 1. The fourth-order valence-electron chi connectivity index (χ4n) is 2.50. The summed E-state index contributed by atoms with van der Waals surface area (Å²) < 4.78 is 19.0. The van der Waals surface area contributed by atoms with Crippen molar-refractivity contribution >= 4 is 6.03 Å². The van der Waals surface area contributed by atoms with Crippen LogP contribution >= 0.6 is 0 Å². The van der Waals surface area contributed by atoms with Crippen LogP contribution in [0.3, 0.4) is 0 Å². The fraction of sp³-hybridized carbons (Fsp3) is 0.444. The van der Waals surface area contributed by atoms with E-state index in [9.17, 15) is 9.18 Å². The predicted octanol–water partition coefficient (Wildman–Crippen LogP) is 3.17. The lowest BCUT2D eigenvalue weighted by Crippen LogP contribution is -2.43. The Balaban J connectivity index is 2.10. The van der Waals surface area contributed by atoms with Crippen molar-refractivity contribution in [1.82, 2.24) is 20.2 Å². The smallest absolute Gasteiger partial charge is 0.318 e. The number of nitrogens with zero attached hydrogens (tertiary/aromatic N) is 2. The molecule has 2 amide bonds. The Hall–Kier alpha value is -2.41. The van der Waals surface area contributed by atoms with Crippen molar-refractivity contribution < 1.29 is 13.9 Å². The maximum Gasteiger partial charge on any atom is 0.318 e. The number of rotatable bonds is 8. The van der Waals surface area contributed by atoms with Gasteiger partial charge in [-0.3, -0.25) is 0 Å². The Labute approximate surface area is 147 Å². The van der Waals surface area contributed by atoms with E-state index in [4.69, 9.17) is 4.74 Å². The zero-order valence-corrected chi connectivity index (χ0v) is 14.9. The van der Waals surface area contributed by atoms with Gasteiger partial charge in [0.05, 0.1) is 19.2 Å². The molecule has 7 heteroatoms. The van der Waals surface area contributed by atoms with Crippen molar-refractivity contribution in [1.29, 1.82) is 0 Å². The van der Waals surface area contributed by atoms with E-state index in [2.05, 4.69) is 15.3 Å². The molecule has 1 heterocycles. The molecule has 6 nitrogen and oxygen atoms in total. The largest absolute Gasteiger partial charge is 0.383 e. The summed E-state index contributed by atoms with van der Waals surface area (Å²) in [5.41, 5.74) is 1.40. The number of aromatic nitrogens is 2. The highest BCUT2D eigenvalue weighted by atomic mass is 19.1. The van der Waals surface area contributed by atoms with Crippen LogP contribution in [0.5, 0.6) is 0 Å². The van der Waals surface area contributed by atoms with E-state index < -0.39 is 0 Å². The topological polar surface area (TPSA) is 70.2 Å². The van der Waals surface area contributed by atoms with Crippen molar-refractivity contribution in [2.75, 3.05) is 20.3 Å². The number of imidazole rings is 1. The molecule has 1 aromatic heterocycles. The second kappa shape index (κ2) is 9.17. The number of hydrogen-bond acceptors (Lipinski definition) is 3. The van der Waals surface area contributed by atoms with Crippen LogP contribution in [0, 0.1) is 12.7 Å². The number of amides is 2. The van der Waals surface area contributed by atoms with E-state index in [1.54, 1.807) is 36.4 Å². The first kappa shape index (κ1) is 18.9. The number of hydrogen-bond donors (Lipinski definition) is 2. The van der Waals surface area contributed by atoms with Crippen LogP contribution in [-0.4, -0.2) is 41.2 Å². The molecule has 1 aromatic carbocycles. The van der Waals surface area contributed by atoms with Crippen LogP contribution in [-0.2, 0) is 11.3 Å². The van der Waals surface area contributed by atoms with Gasteiger partial charge in [-0.1, -0.05) is 25.1 Å². The van der Waals surface area contributed by atoms with Crippen molar-refractivity contribution in [3.63, 3.8) is 0 Å². The van der Waals surface area contributed by atoms with E-state index in [0.29, 0.717) is 31.0 Å². The first-order chi connectivity index (χ1) is 12.0. The van der Waals surface area contributed by atoms with Gasteiger partial charge < -0.3 is 19.9 Å². The molecule has 0 unspecified atom stereocenters. The standard InChI is InChI=1S/C18H25FN4O2/c1-4-16(17-20-11-13(2)21-17)22-18(24)23(9-10-25-3)12-14-7-5-6-8-15(14)19/h5-8,11,16H,4,9-10,12H2,1-3H3,(H,20,21)(H,22,24)/t16-/m1/s1. The highest BCUT2D eigenvalue weighted by Gasteiger charge is 2.21. The molecule has 1 atom stereocenters. The molecule has 2 N–H and O–H groups in total. The van der Waals surface area contributed by atoms with E-state index in [1.807, 2.05) is 13.8 Å². The van der Waals surface area contributed by atoms with Gasteiger partial charge in [0, 0.05) is 31.1 Å². The predicted molar refractivity (Wildman–Crippen MR) is 93.6 cm³/mol. The van der Waals surface area contributed by atoms with E-state index in [1.165, 1.54) is 6.07 Å². The Morgan fingerprint density at radius 1 is 1.44 bits per heavy atom. The zero-order chi connectivity index (χ0) is 18.2. The SMILES string of the molecule is CC[C@@H](NC(=O)N(CCOC)Cc1ccccc1F)c1ncc(C)[nH]1. The second-order valence-corrected chi connectivity index (χ2v) is 5.87. The summed E-state index contributed by atoms with van der Waals surface area (Å²) in [6.07, 6.45) is 2.42. The number of H-pyrrole nitrogens is 1. The van der Waals surface area contributed by atoms with Crippen molar-refractivity contribution in [2.45, 2.75) is 32.9 Å². The average Bonchev–Trinajstić information content (AvgIpc) is 3.04. The number of aromatic amines is 1. The van der Waals surface area contributed by atoms with Gasteiger partial charge in [-0.25, -0.2) is 14.2 Å². The minimum atomic E-state index is -0.327. The normalized spacial score (nSPS) is 12.0. The van der Waals surface area contributed by atoms with Gasteiger partial charge in [-0.15, -0.1) is 0 Å². The summed E-state index contributed by atoms with van der Waals surface area (Å²) >= 11 is 0. The summed E-state index contributed by atoms with van der Waals surface area (Å²) in [6.45, 7) is 4.80. The summed E-state index contributed by atoms with van der Waals surface area (Å²) in [7, 11) is 1.57. The molecule has 0 radical (unpaired) electrons. The molecule has 25 heavy (non-hydrogen) atoms. The van der Waals surface area contributed by atoms with Crippen LogP contribution in [0.4, 0.5) is 9.18 Å². The van der Waals surface area contributed by atoms with Crippen LogP contribution in [0.15, 0.2) is 30.5 Å². The van der Waals surface area contributed by atoms with E-state index in [-0.39, 0.29) is 24.4 Å². The van der Waals surface area contributed by atoms with Gasteiger partial charge in [0.1, 0.15) is 11.6 Å². The number of carbonyl (C=O) groups is 1. The molecule has 0 fully saturated rings. The molecule has 0 aliphatic heterocycles. The molecule has 0 saturated heterocycles. The molecule has 136 valence electrons. The maximum atomic E-state index is 13.9. The van der Waals surface area contributed by atoms with Gasteiger partial charge >= 0.3 is 6.03 Å². The van der Waals surface area contributed by atoms with E-state index in [0.717, 1.165) is 5.69 Å². The summed E-state index contributed by atoms with van der Waals surface area (Å²) in [4.78, 5) is 21.7. The van der Waals surface area contributed by atoms with Crippen LogP contribution < -0.4 is 5.32 Å². The molecular weight excluding hydrogens is 323 g/mol. The highest BCUT2D eigenvalue weighted by molar-refractivity contribution is 5.74. The van der Waals surface area contributed by atoms with Gasteiger partial charge in [0.25, 0.3) is 0 Å². The zero-order valence-electron chi connectivity index (χ0n) is 14.9. The average molecular weight is 348 g/mol. The first-order valence-electron chi connectivity index (χ1n) is 8.34. The van der Waals surface area contributed by atoms with Crippen LogP contribution in [0.25, 0.3) is 0 Å². The number of ether oxygens (including phenoxy) is 1. The number of halogens is 1. The lowest BCUT2D eigenvalue weighted by atomic mass is 10.2. The Morgan fingerprint density at radius 3 is 2.80 bits per heavy atom. The Kier molecular flexibility index (Phi) is 6.94. The lowest BCUT2D eigenvalue weighted by molar-refractivity contribution is 0.144. The van der Waals surface area contributed by atoms with E-state index >= 15 is 0 Å². The van der Waals surface area contributed by atoms with Gasteiger partial charge in [-0.2, -0.15) is 0 Å². The lowest BCUT2D eigenvalue weighted by Gasteiger charge is -2.25. The minimum absolute atomic E-state index is 0.176. The second-order valence-electron chi connectivity index (χ2n) is 5.87. The van der Waals surface area contributed by atoms with Crippen LogP contribution in [0.2, 0.25) is 0 Å². The number of urea groups is 1. The molecular formula is C18H25FN4O2. The molecule has 0 aliphatic carbocycles. The van der Waals surface area contributed by atoms with Crippen molar-refractivity contribution in [2.24, 2.45) is 0 Å². The minimum Gasteiger partial charge on any atom is -0.383 e. The monoisotopic (exact) mass is 348 g/mol. The van der Waals surface area contributed by atoms with Crippen molar-refractivity contribution in [3.8, 4) is 0 Å². The first-order valence-corrected chi connectivity index (χ1v) is 8.34. The maximum absolute atomic E-state index is 13.9.